The fourth-order valence-electron chi connectivity index (χ4n) is 2.10. The second kappa shape index (κ2) is 4.53. The van der Waals surface area contributed by atoms with Crippen molar-refractivity contribution < 1.29 is 17.9 Å². The van der Waals surface area contributed by atoms with Crippen molar-refractivity contribution in [2.24, 2.45) is 11.1 Å². The normalized spacial score (nSPS) is 32.4. The molecule has 16 heavy (non-hydrogen) atoms. The van der Waals surface area contributed by atoms with Crippen LogP contribution in [0.25, 0.3) is 0 Å². The van der Waals surface area contributed by atoms with Crippen LogP contribution in [0.15, 0.2) is 0 Å². The second-order valence-corrected chi connectivity index (χ2v) is 5.26. The Morgan fingerprint density at radius 3 is 2.44 bits per heavy atom. The van der Waals surface area contributed by atoms with E-state index in [0.29, 0.717) is 6.42 Å². The van der Waals surface area contributed by atoms with Gasteiger partial charge in [-0.05, 0) is 25.2 Å². The predicted octanol–water partition coefficient (Wildman–Crippen LogP) is 2.86. The molecule has 0 heterocycles. The van der Waals surface area contributed by atoms with E-state index in [2.05, 4.69) is 0 Å². The van der Waals surface area contributed by atoms with E-state index >= 15 is 0 Å². The summed E-state index contributed by atoms with van der Waals surface area (Å²) in [6.45, 7) is 4.99. The second-order valence-electron chi connectivity index (χ2n) is 5.26. The summed E-state index contributed by atoms with van der Waals surface area (Å²) < 4.78 is 42.1. The van der Waals surface area contributed by atoms with E-state index in [1.165, 1.54) is 0 Å². The van der Waals surface area contributed by atoms with E-state index < -0.39 is 18.4 Å². The highest BCUT2D eigenvalue weighted by atomic mass is 19.4. The van der Waals surface area contributed by atoms with Crippen LogP contribution in [0.1, 0.15) is 40.0 Å². The van der Waals surface area contributed by atoms with Gasteiger partial charge < -0.3 is 10.5 Å². The Labute approximate surface area is 94.3 Å². The van der Waals surface area contributed by atoms with Crippen molar-refractivity contribution in [1.29, 1.82) is 0 Å². The molecule has 0 aliphatic heterocycles. The molecule has 0 saturated heterocycles. The zero-order valence-electron chi connectivity index (χ0n) is 9.97. The highest BCUT2D eigenvalue weighted by Gasteiger charge is 2.43. The summed E-state index contributed by atoms with van der Waals surface area (Å²) in [6, 6.07) is -0.328. The third kappa shape index (κ3) is 3.10. The van der Waals surface area contributed by atoms with Gasteiger partial charge in [0.2, 0.25) is 0 Å². The molecule has 2 N–H and O–H groups in total. The maximum Gasteiger partial charge on any atom is 0.414 e. The first-order valence-corrected chi connectivity index (χ1v) is 5.62. The molecule has 1 rings (SSSR count). The fraction of sp³-hybridized carbons (Fsp3) is 1.00. The van der Waals surface area contributed by atoms with Crippen LogP contribution >= 0.6 is 0 Å². The van der Waals surface area contributed by atoms with E-state index in [-0.39, 0.29) is 11.5 Å². The minimum absolute atomic E-state index is 0.145. The predicted molar refractivity (Wildman–Crippen MR) is 56.0 cm³/mol. The highest BCUT2D eigenvalue weighted by molar-refractivity contribution is 4.92. The minimum Gasteiger partial charge on any atom is -0.364 e. The maximum absolute atomic E-state index is 12.4. The summed E-state index contributed by atoms with van der Waals surface area (Å²) in [5.74, 6) is 0. The largest absolute Gasteiger partial charge is 0.414 e. The third-order valence-corrected chi connectivity index (χ3v) is 3.45. The molecule has 0 spiro atoms. The molecule has 0 aromatic heterocycles. The van der Waals surface area contributed by atoms with Crippen molar-refractivity contribution in [2.45, 2.75) is 64.5 Å². The monoisotopic (exact) mass is 239 g/mol. The Morgan fingerprint density at radius 2 is 1.94 bits per heavy atom. The zero-order chi connectivity index (χ0) is 12.6. The molecule has 2 nitrogen and oxygen atoms in total. The summed E-state index contributed by atoms with van der Waals surface area (Å²) in [4.78, 5) is 0. The van der Waals surface area contributed by atoms with Crippen molar-refractivity contribution in [2.75, 3.05) is 0 Å². The first-order valence-electron chi connectivity index (χ1n) is 5.62. The number of hydrogen-bond acceptors (Lipinski definition) is 2. The highest BCUT2D eigenvalue weighted by Crippen LogP contribution is 2.37. The van der Waals surface area contributed by atoms with Crippen molar-refractivity contribution in [3.63, 3.8) is 0 Å². The number of nitrogens with two attached hydrogens (primary N) is 1. The maximum atomic E-state index is 12.4. The lowest BCUT2D eigenvalue weighted by Gasteiger charge is -2.42. The van der Waals surface area contributed by atoms with Crippen LogP contribution in [0.4, 0.5) is 13.2 Å². The number of alkyl halides is 3. The van der Waals surface area contributed by atoms with Gasteiger partial charge in [-0.3, -0.25) is 0 Å². The first kappa shape index (κ1) is 13.8. The molecule has 5 heteroatoms. The Balaban J connectivity index is 2.61. The van der Waals surface area contributed by atoms with Crippen LogP contribution in [-0.4, -0.2) is 24.4 Å². The molecular formula is C11H20F3NO. The van der Waals surface area contributed by atoms with E-state index in [0.717, 1.165) is 19.8 Å². The Hall–Kier alpha value is -0.290. The van der Waals surface area contributed by atoms with Gasteiger partial charge in [-0.15, -0.1) is 0 Å². The molecule has 3 atom stereocenters. The number of ether oxygens (including phenoxy) is 1. The summed E-state index contributed by atoms with van der Waals surface area (Å²) in [5.41, 5.74) is 5.81. The summed E-state index contributed by atoms with van der Waals surface area (Å²) in [7, 11) is 0. The van der Waals surface area contributed by atoms with E-state index in [1.807, 2.05) is 13.8 Å². The summed E-state index contributed by atoms with van der Waals surface area (Å²) >= 11 is 0. The summed E-state index contributed by atoms with van der Waals surface area (Å²) in [5, 5.41) is 0. The van der Waals surface area contributed by atoms with Gasteiger partial charge in [0.25, 0.3) is 0 Å². The quantitative estimate of drug-likeness (QED) is 0.804. The van der Waals surface area contributed by atoms with Gasteiger partial charge >= 0.3 is 6.18 Å². The van der Waals surface area contributed by atoms with E-state index in [4.69, 9.17) is 10.5 Å². The molecule has 0 bridgehead atoms. The Kier molecular flexibility index (Phi) is 3.90. The standard InChI is InChI=1S/C11H20F3NO/c1-7(11(12,13)14)16-8-5-4-6-10(2,3)9(8)15/h7-9H,4-6,15H2,1-3H3. The Bertz CT molecular complexity index is 240. The molecule has 0 radical (unpaired) electrons. The lowest BCUT2D eigenvalue weighted by atomic mass is 9.72. The van der Waals surface area contributed by atoms with Gasteiger partial charge in [-0.2, -0.15) is 13.2 Å². The van der Waals surface area contributed by atoms with Crippen molar-refractivity contribution >= 4 is 0 Å². The molecule has 1 saturated carbocycles. The molecule has 1 aliphatic carbocycles. The van der Waals surface area contributed by atoms with Gasteiger partial charge in [0.05, 0.1) is 6.10 Å². The van der Waals surface area contributed by atoms with Crippen molar-refractivity contribution in [3.8, 4) is 0 Å². The molecule has 96 valence electrons. The van der Waals surface area contributed by atoms with E-state index in [1.54, 1.807) is 0 Å². The van der Waals surface area contributed by atoms with Crippen LogP contribution in [0.3, 0.4) is 0 Å². The van der Waals surface area contributed by atoms with Crippen LogP contribution in [0.2, 0.25) is 0 Å². The molecule has 1 fully saturated rings. The van der Waals surface area contributed by atoms with Crippen molar-refractivity contribution in [3.05, 3.63) is 0 Å². The topological polar surface area (TPSA) is 35.2 Å². The van der Waals surface area contributed by atoms with E-state index in [9.17, 15) is 13.2 Å². The number of rotatable bonds is 2. The minimum atomic E-state index is -4.30. The average Bonchev–Trinajstić information content (AvgIpc) is 2.11. The smallest absolute Gasteiger partial charge is 0.364 e. The molecule has 1 aliphatic rings. The van der Waals surface area contributed by atoms with Gasteiger partial charge in [0.15, 0.2) is 6.10 Å². The van der Waals surface area contributed by atoms with Crippen LogP contribution in [0.5, 0.6) is 0 Å². The molecule has 0 aromatic carbocycles. The van der Waals surface area contributed by atoms with Crippen LogP contribution in [0, 0.1) is 5.41 Å². The molecular weight excluding hydrogens is 219 g/mol. The Morgan fingerprint density at radius 1 is 1.38 bits per heavy atom. The lowest BCUT2D eigenvalue weighted by Crippen LogP contribution is -2.52. The zero-order valence-corrected chi connectivity index (χ0v) is 9.97. The SMILES string of the molecule is CC(OC1CCCC(C)(C)C1N)C(F)(F)F. The number of halogens is 3. The third-order valence-electron chi connectivity index (χ3n) is 3.45. The molecule has 3 unspecified atom stereocenters. The van der Waals surface area contributed by atoms with Crippen LogP contribution in [-0.2, 0) is 4.74 Å². The van der Waals surface area contributed by atoms with Gasteiger partial charge in [-0.25, -0.2) is 0 Å². The average molecular weight is 239 g/mol. The molecule has 0 amide bonds. The first-order chi connectivity index (χ1) is 7.14. The van der Waals surface area contributed by atoms with Crippen LogP contribution < -0.4 is 5.73 Å². The summed E-state index contributed by atoms with van der Waals surface area (Å²) in [6.07, 6.45) is -4.10. The fourth-order valence-corrected chi connectivity index (χ4v) is 2.10. The lowest BCUT2D eigenvalue weighted by molar-refractivity contribution is -0.234. The van der Waals surface area contributed by atoms with Gasteiger partial charge in [0, 0.05) is 6.04 Å². The van der Waals surface area contributed by atoms with Gasteiger partial charge in [-0.1, -0.05) is 20.3 Å². The molecule has 0 aromatic rings. The van der Waals surface area contributed by atoms with Crippen molar-refractivity contribution in [1.82, 2.24) is 0 Å². The van der Waals surface area contributed by atoms with Gasteiger partial charge in [0.1, 0.15) is 0 Å². The number of hydrogen-bond donors (Lipinski definition) is 1.